The Hall–Kier alpha value is -0.650. The van der Waals surface area contributed by atoms with E-state index in [1.165, 1.54) is 122 Å². The van der Waals surface area contributed by atoms with Gasteiger partial charge in [-0.05, 0) is 12.8 Å². The molecular weight excluding hydrogens is 474 g/mol. The molecule has 1 amide bonds. The van der Waals surface area contributed by atoms with Crippen LogP contribution in [0.2, 0.25) is 0 Å². The van der Waals surface area contributed by atoms with Gasteiger partial charge in [0.05, 0.1) is 18.8 Å². The molecule has 0 aliphatic heterocycles. The molecule has 5 heteroatoms. The van der Waals surface area contributed by atoms with Gasteiger partial charge in [0.1, 0.15) is 6.10 Å². The smallest absolute Gasteiger partial charge is 0.220 e. The lowest BCUT2D eigenvalue weighted by atomic mass is 9.99. The van der Waals surface area contributed by atoms with E-state index in [1.807, 2.05) is 0 Å². The SMILES string of the molecule is CCCCCCCCCCCCCCCC(O)C(O)C(CO)NC(=O)CCCCCCCCCCCCC. The van der Waals surface area contributed by atoms with E-state index < -0.39 is 18.2 Å². The summed E-state index contributed by atoms with van der Waals surface area (Å²) in [5.41, 5.74) is 0. The third-order valence-corrected chi connectivity index (χ3v) is 7.96. The minimum absolute atomic E-state index is 0.146. The van der Waals surface area contributed by atoms with Crippen LogP contribution < -0.4 is 5.32 Å². The van der Waals surface area contributed by atoms with E-state index in [2.05, 4.69) is 19.2 Å². The van der Waals surface area contributed by atoms with Crippen molar-refractivity contribution in [2.75, 3.05) is 6.61 Å². The predicted molar refractivity (Wildman–Crippen MR) is 162 cm³/mol. The molecule has 3 unspecified atom stereocenters. The number of hydrogen-bond acceptors (Lipinski definition) is 4. The molecule has 38 heavy (non-hydrogen) atoms. The molecule has 5 nitrogen and oxygen atoms in total. The highest BCUT2D eigenvalue weighted by atomic mass is 16.3. The molecule has 3 atom stereocenters. The van der Waals surface area contributed by atoms with Gasteiger partial charge in [0.2, 0.25) is 5.91 Å². The first kappa shape index (κ1) is 37.4. The van der Waals surface area contributed by atoms with Gasteiger partial charge in [-0.3, -0.25) is 4.79 Å². The second kappa shape index (κ2) is 29.3. The zero-order chi connectivity index (χ0) is 28.1. The van der Waals surface area contributed by atoms with Crippen LogP contribution in [0.4, 0.5) is 0 Å². The Kier molecular flexibility index (Phi) is 28.8. The Morgan fingerprint density at radius 3 is 1.26 bits per heavy atom. The monoisotopic (exact) mass is 542 g/mol. The highest BCUT2D eigenvalue weighted by Gasteiger charge is 2.26. The zero-order valence-corrected chi connectivity index (χ0v) is 25.6. The molecule has 0 bridgehead atoms. The third-order valence-electron chi connectivity index (χ3n) is 7.96. The van der Waals surface area contributed by atoms with Crippen LogP contribution in [-0.4, -0.2) is 46.1 Å². The number of hydrogen-bond donors (Lipinski definition) is 4. The summed E-state index contributed by atoms with van der Waals surface area (Å²) in [7, 11) is 0. The molecule has 0 saturated carbocycles. The summed E-state index contributed by atoms with van der Waals surface area (Å²) in [4.78, 5) is 12.3. The molecule has 0 heterocycles. The van der Waals surface area contributed by atoms with Gasteiger partial charge in [-0.25, -0.2) is 0 Å². The zero-order valence-electron chi connectivity index (χ0n) is 25.6. The number of nitrogens with one attached hydrogen (secondary N) is 1. The van der Waals surface area contributed by atoms with E-state index in [4.69, 9.17) is 0 Å². The second-order valence-corrected chi connectivity index (χ2v) is 11.7. The van der Waals surface area contributed by atoms with E-state index in [0.29, 0.717) is 12.8 Å². The van der Waals surface area contributed by atoms with Crippen molar-refractivity contribution in [1.82, 2.24) is 5.32 Å². The van der Waals surface area contributed by atoms with Gasteiger partial charge in [0.15, 0.2) is 0 Å². The predicted octanol–water partition coefficient (Wildman–Crippen LogP) is 8.37. The van der Waals surface area contributed by atoms with E-state index in [-0.39, 0.29) is 12.5 Å². The Labute approximate surface area is 237 Å². The molecule has 4 N–H and O–H groups in total. The Balaban J connectivity index is 3.71. The molecule has 0 aromatic carbocycles. The maximum Gasteiger partial charge on any atom is 0.220 e. The molecule has 0 aliphatic carbocycles. The average Bonchev–Trinajstić information content (AvgIpc) is 2.92. The van der Waals surface area contributed by atoms with Crippen LogP contribution in [0, 0.1) is 0 Å². The van der Waals surface area contributed by atoms with Crippen molar-refractivity contribution in [3.05, 3.63) is 0 Å². The quantitative estimate of drug-likeness (QED) is 0.0688. The number of aliphatic hydroxyl groups is 3. The van der Waals surface area contributed by atoms with Gasteiger partial charge < -0.3 is 20.6 Å². The van der Waals surface area contributed by atoms with E-state index in [1.54, 1.807) is 0 Å². The van der Waals surface area contributed by atoms with E-state index in [9.17, 15) is 20.1 Å². The van der Waals surface area contributed by atoms with Crippen LogP contribution in [0.3, 0.4) is 0 Å². The largest absolute Gasteiger partial charge is 0.394 e. The van der Waals surface area contributed by atoms with Crippen molar-refractivity contribution in [2.45, 2.75) is 199 Å². The van der Waals surface area contributed by atoms with Crippen molar-refractivity contribution in [3.8, 4) is 0 Å². The number of aliphatic hydroxyl groups excluding tert-OH is 3. The molecular formula is C33H67NO4. The molecule has 0 saturated heterocycles. The lowest BCUT2D eigenvalue weighted by Gasteiger charge is -2.26. The number of carbonyl (C=O) groups excluding carboxylic acids is 1. The van der Waals surface area contributed by atoms with Crippen molar-refractivity contribution in [1.29, 1.82) is 0 Å². The highest BCUT2D eigenvalue weighted by molar-refractivity contribution is 5.76. The average molecular weight is 542 g/mol. The molecule has 228 valence electrons. The van der Waals surface area contributed by atoms with Gasteiger partial charge in [-0.1, -0.05) is 162 Å². The van der Waals surface area contributed by atoms with Crippen LogP contribution in [0.5, 0.6) is 0 Å². The van der Waals surface area contributed by atoms with Crippen LogP contribution in [0.15, 0.2) is 0 Å². The lowest BCUT2D eigenvalue weighted by molar-refractivity contribution is -0.124. The van der Waals surface area contributed by atoms with Crippen molar-refractivity contribution < 1.29 is 20.1 Å². The maximum atomic E-state index is 12.3. The lowest BCUT2D eigenvalue weighted by Crippen LogP contribution is -2.50. The first-order valence-electron chi connectivity index (χ1n) is 16.8. The molecule has 0 spiro atoms. The van der Waals surface area contributed by atoms with Crippen molar-refractivity contribution in [3.63, 3.8) is 0 Å². The van der Waals surface area contributed by atoms with E-state index in [0.717, 1.165) is 32.1 Å². The van der Waals surface area contributed by atoms with Crippen LogP contribution in [-0.2, 0) is 4.79 Å². The fourth-order valence-corrected chi connectivity index (χ4v) is 5.28. The summed E-state index contributed by atoms with van der Waals surface area (Å²) >= 11 is 0. The summed E-state index contributed by atoms with van der Waals surface area (Å²) < 4.78 is 0. The normalized spacial score (nSPS) is 13.9. The minimum Gasteiger partial charge on any atom is -0.394 e. The summed E-state index contributed by atoms with van der Waals surface area (Å²) in [5.74, 6) is -0.146. The second-order valence-electron chi connectivity index (χ2n) is 11.7. The van der Waals surface area contributed by atoms with Gasteiger partial charge in [-0.2, -0.15) is 0 Å². The fourth-order valence-electron chi connectivity index (χ4n) is 5.28. The topological polar surface area (TPSA) is 89.8 Å². The van der Waals surface area contributed by atoms with Gasteiger partial charge >= 0.3 is 0 Å². The highest BCUT2D eigenvalue weighted by Crippen LogP contribution is 2.15. The number of carbonyl (C=O) groups is 1. The number of amides is 1. The number of rotatable bonds is 30. The van der Waals surface area contributed by atoms with Gasteiger partial charge in [0, 0.05) is 6.42 Å². The summed E-state index contributed by atoms with van der Waals surface area (Å²) in [6.45, 7) is 4.15. The Bertz CT molecular complexity index is 488. The Morgan fingerprint density at radius 2 is 0.895 bits per heavy atom. The Morgan fingerprint density at radius 1 is 0.553 bits per heavy atom. The first-order valence-corrected chi connectivity index (χ1v) is 16.8. The fraction of sp³-hybridized carbons (Fsp3) is 0.970. The van der Waals surface area contributed by atoms with Crippen LogP contribution >= 0.6 is 0 Å². The summed E-state index contributed by atoms with van der Waals surface area (Å²) in [6.07, 6.45) is 29.0. The third kappa shape index (κ3) is 24.4. The van der Waals surface area contributed by atoms with Crippen molar-refractivity contribution in [2.24, 2.45) is 0 Å². The molecule has 0 aromatic heterocycles. The molecule has 0 aliphatic rings. The number of unbranched alkanes of at least 4 members (excludes halogenated alkanes) is 22. The standard InChI is InChI=1S/C33H67NO4/c1-3-5-7-9-11-13-15-16-18-19-21-23-25-27-31(36)33(38)30(29-35)34-32(37)28-26-24-22-20-17-14-12-10-8-6-4-2/h30-31,33,35-36,38H,3-29H2,1-2H3,(H,34,37). The minimum atomic E-state index is -1.13. The van der Waals surface area contributed by atoms with Crippen LogP contribution in [0.1, 0.15) is 181 Å². The molecule has 0 aromatic rings. The summed E-state index contributed by atoms with van der Waals surface area (Å²) in [5, 5.41) is 33.2. The molecule has 0 fully saturated rings. The molecule has 0 rings (SSSR count). The first-order chi connectivity index (χ1) is 18.6. The summed E-state index contributed by atoms with van der Waals surface area (Å²) in [6, 6.07) is -0.799. The van der Waals surface area contributed by atoms with Crippen LogP contribution in [0.25, 0.3) is 0 Å². The van der Waals surface area contributed by atoms with Gasteiger partial charge in [-0.15, -0.1) is 0 Å². The maximum absolute atomic E-state index is 12.3. The van der Waals surface area contributed by atoms with Crippen molar-refractivity contribution >= 4 is 5.91 Å². The van der Waals surface area contributed by atoms with Gasteiger partial charge in [0.25, 0.3) is 0 Å². The molecule has 0 radical (unpaired) electrons. The van der Waals surface area contributed by atoms with E-state index >= 15 is 0 Å².